The van der Waals surface area contributed by atoms with Crippen LogP contribution in [0.3, 0.4) is 0 Å². The van der Waals surface area contributed by atoms with Crippen LogP contribution < -0.4 is 20.2 Å². The Morgan fingerprint density at radius 2 is 1.83 bits per heavy atom. The molecule has 4 rings (SSSR count). The second-order valence-corrected chi connectivity index (χ2v) is 8.17. The molecular formula is C24H17BrN4O7. The lowest BCUT2D eigenvalue weighted by Crippen LogP contribution is -2.32. The first-order valence-corrected chi connectivity index (χ1v) is 11.1. The number of aromatic hydroxyl groups is 1. The van der Waals surface area contributed by atoms with E-state index in [9.17, 15) is 24.8 Å². The summed E-state index contributed by atoms with van der Waals surface area (Å²) in [4.78, 5) is 36.1. The van der Waals surface area contributed by atoms with Gasteiger partial charge in [0.1, 0.15) is 11.4 Å². The standard InChI is InChI=1S/C24H17BrN4O7/c25-18-11-17(29(33)34)10-16(22(18)30)12-26-28-24(32)19(27-23(31)15-4-2-1-3-5-15)8-14-6-7-20-21(9-14)36-13-35-20/h1-12,30H,13H2,(H,27,31)(H,28,32)/b19-8+,26-12?. The quantitative estimate of drug-likeness (QED) is 0.175. The number of phenolic OH excluding ortho intramolecular Hbond substituents is 1. The van der Waals surface area contributed by atoms with Crippen molar-refractivity contribution in [3.05, 3.63) is 97.6 Å². The number of carbonyl (C=O) groups excluding carboxylic acids is 2. The second-order valence-electron chi connectivity index (χ2n) is 7.31. The number of carbonyl (C=O) groups is 2. The number of benzene rings is 3. The molecule has 0 atom stereocenters. The van der Waals surface area contributed by atoms with Crippen molar-refractivity contribution >= 4 is 45.7 Å². The lowest BCUT2D eigenvalue weighted by atomic mass is 10.1. The number of nitrogens with zero attached hydrogens (tertiary/aromatic N) is 2. The van der Waals surface area contributed by atoms with Gasteiger partial charge >= 0.3 is 0 Å². The van der Waals surface area contributed by atoms with E-state index < -0.39 is 16.7 Å². The molecule has 0 bridgehead atoms. The van der Waals surface area contributed by atoms with Crippen LogP contribution in [0.2, 0.25) is 0 Å². The average molecular weight is 553 g/mol. The Morgan fingerprint density at radius 3 is 2.58 bits per heavy atom. The van der Waals surface area contributed by atoms with Gasteiger partial charge in [0, 0.05) is 23.3 Å². The van der Waals surface area contributed by atoms with Gasteiger partial charge in [-0.3, -0.25) is 19.7 Å². The third-order valence-electron chi connectivity index (χ3n) is 4.89. The molecule has 1 aliphatic rings. The van der Waals surface area contributed by atoms with Crippen molar-refractivity contribution in [2.75, 3.05) is 6.79 Å². The smallest absolute Gasteiger partial charge is 0.287 e. The molecule has 1 heterocycles. The van der Waals surface area contributed by atoms with Gasteiger partial charge in [-0.1, -0.05) is 24.3 Å². The summed E-state index contributed by atoms with van der Waals surface area (Å²) in [7, 11) is 0. The number of rotatable bonds is 7. The molecule has 0 aromatic heterocycles. The van der Waals surface area contributed by atoms with Crippen molar-refractivity contribution < 1.29 is 29.1 Å². The zero-order valence-corrected chi connectivity index (χ0v) is 19.9. The fourth-order valence-electron chi connectivity index (χ4n) is 3.14. The highest BCUT2D eigenvalue weighted by atomic mass is 79.9. The predicted molar refractivity (Wildman–Crippen MR) is 133 cm³/mol. The lowest BCUT2D eigenvalue weighted by Gasteiger charge is -2.09. The summed E-state index contributed by atoms with van der Waals surface area (Å²) < 4.78 is 10.7. The third kappa shape index (κ3) is 5.67. The van der Waals surface area contributed by atoms with Gasteiger partial charge in [-0.2, -0.15) is 5.10 Å². The molecule has 2 amide bonds. The summed E-state index contributed by atoms with van der Waals surface area (Å²) >= 11 is 3.04. The minimum Gasteiger partial charge on any atom is -0.506 e. The molecular weight excluding hydrogens is 536 g/mol. The minimum atomic E-state index is -0.780. The molecule has 1 aliphatic heterocycles. The normalized spacial score (nSPS) is 12.4. The number of fused-ring (bicyclic) bond motifs is 1. The maximum absolute atomic E-state index is 12.9. The molecule has 3 aromatic carbocycles. The van der Waals surface area contributed by atoms with Gasteiger partial charge < -0.3 is 19.9 Å². The van der Waals surface area contributed by atoms with Crippen molar-refractivity contribution in [2.45, 2.75) is 0 Å². The third-order valence-corrected chi connectivity index (χ3v) is 5.50. The Balaban J connectivity index is 1.59. The number of ether oxygens (including phenoxy) is 2. The Bertz CT molecular complexity index is 1410. The van der Waals surface area contributed by atoms with Crippen LogP contribution in [0.4, 0.5) is 5.69 Å². The maximum Gasteiger partial charge on any atom is 0.287 e. The summed E-state index contributed by atoms with van der Waals surface area (Å²) in [6.45, 7) is 0.0793. The summed E-state index contributed by atoms with van der Waals surface area (Å²) in [6.07, 6.45) is 2.47. The number of hydrogen-bond donors (Lipinski definition) is 3. The zero-order valence-electron chi connectivity index (χ0n) is 18.3. The summed E-state index contributed by atoms with van der Waals surface area (Å²) in [5.74, 6) is -0.562. The first-order valence-electron chi connectivity index (χ1n) is 10.3. The summed E-state index contributed by atoms with van der Waals surface area (Å²) in [5.41, 5.74) is 2.70. The van der Waals surface area contributed by atoms with E-state index >= 15 is 0 Å². The van der Waals surface area contributed by atoms with E-state index in [-0.39, 0.29) is 34.0 Å². The summed E-state index contributed by atoms with van der Waals surface area (Å²) in [6, 6.07) is 15.5. The van der Waals surface area contributed by atoms with Crippen LogP contribution in [0.15, 0.2) is 75.9 Å². The van der Waals surface area contributed by atoms with Gasteiger partial charge in [-0.05, 0) is 51.8 Å². The van der Waals surface area contributed by atoms with Gasteiger partial charge in [0.25, 0.3) is 17.5 Å². The number of non-ortho nitro benzene ring substituents is 1. The topological polar surface area (TPSA) is 152 Å². The van der Waals surface area contributed by atoms with Crippen molar-refractivity contribution in [2.24, 2.45) is 5.10 Å². The Morgan fingerprint density at radius 1 is 1.08 bits per heavy atom. The minimum absolute atomic E-state index is 0.00834. The molecule has 0 radical (unpaired) electrons. The van der Waals surface area contributed by atoms with Gasteiger partial charge in [0.05, 0.1) is 15.6 Å². The molecule has 0 aliphatic carbocycles. The number of amides is 2. The molecule has 3 N–H and O–H groups in total. The number of halogens is 1. The van der Waals surface area contributed by atoms with Gasteiger partial charge in [-0.15, -0.1) is 0 Å². The van der Waals surface area contributed by atoms with Crippen LogP contribution in [0.25, 0.3) is 6.08 Å². The van der Waals surface area contributed by atoms with E-state index in [0.29, 0.717) is 22.6 Å². The van der Waals surface area contributed by atoms with Gasteiger partial charge in [-0.25, -0.2) is 5.43 Å². The van der Waals surface area contributed by atoms with E-state index in [4.69, 9.17) is 9.47 Å². The largest absolute Gasteiger partial charge is 0.506 e. The first kappa shape index (κ1) is 24.4. The predicted octanol–water partition coefficient (Wildman–Crippen LogP) is 3.71. The lowest BCUT2D eigenvalue weighted by molar-refractivity contribution is -0.385. The van der Waals surface area contributed by atoms with Crippen molar-refractivity contribution in [1.82, 2.24) is 10.7 Å². The van der Waals surface area contributed by atoms with Crippen molar-refractivity contribution in [1.29, 1.82) is 0 Å². The number of nitro groups is 1. The molecule has 36 heavy (non-hydrogen) atoms. The number of hydrazone groups is 1. The Labute approximate surface area is 212 Å². The van der Waals surface area contributed by atoms with Crippen LogP contribution in [0.1, 0.15) is 21.5 Å². The van der Waals surface area contributed by atoms with E-state index in [1.54, 1.807) is 48.5 Å². The average Bonchev–Trinajstić information content (AvgIpc) is 3.34. The van der Waals surface area contributed by atoms with Crippen molar-refractivity contribution in [3.63, 3.8) is 0 Å². The molecule has 0 saturated carbocycles. The maximum atomic E-state index is 12.9. The molecule has 0 spiro atoms. The fourth-order valence-corrected chi connectivity index (χ4v) is 3.61. The number of nitro benzene ring substituents is 1. The Kier molecular flexibility index (Phi) is 7.25. The molecule has 11 nitrogen and oxygen atoms in total. The zero-order chi connectivity index (χ0) is 25.7. The van der Waals surface area contributed by atoms with Gasteiger partial charge in [0.15, 0.2) is 11.5 Å². The molecule has 0 fully saturated rings. The van der Waals surface area contributed by atoms with Crippen LogP contribution in [0, 0.1) is 10.1 Å². The fraction of sp³-hybridized carbons (Fsp3) is 0.0417. The van der Waals surface area contributed by atoms with Crippen molar-refractivity contribution in [3.8, 4) is 17.2 Å². The highest BCUT2D eigenvalue weighted by molar-refractivity contribution is 9.10. The first-order chi connectivity index (χ1) is 17.3. The van der Waals surface area contributed by atoms with E-state index in [0.717, 1.165) is 18.3 Å². The Hall–Kier alpha value is -4.71. The van der Waals surface area contributed by atoms with E-state index in [1.165, 1.54) is 6.08 Å². The molecule has 0 saturated heterocycles. The highest BCUT2D eigenvalue weighted by Crippen LogP contribution is 2.33. The second kappa shape index (κ2) is 10.7. The number of nitrogens with one attached hydrogen (secondary N) is 2. The number of phenols is 1. The van der Waals surface area contributed by atoms with Crippen LogP contribution >= 0.6 is 15.9 Å². The van der Waals surface area contributed by atoms with Gasteiger partial charge in [0.2, 0.25) is 6.79 Å². The van der Waals surface area contributed by atoms with Crippen LogP contribution in [0.5, 0.6) is 17.2 Å². The molecule has 12 heteroatoms. The van der Waals surface area contributed by atoms with Crippen LogP contribution in [-0.4, -0.2) is 34.9 Å². The number of hydrogen-bond acceptors (Lipinski definition) is 8. The van der Waals surface area contributed by atoms with E-state index in [2.05, 4.69) is 31.8 Å². The SMILES string of the molecule is O=C(NN=Cc1cc([N+](=O)[O-])cc(Br)c1O)/C(=C\c1ccc2c(c1)OCO2)NC(=O)c1ccccc1. The molecule has 0 unspecified atom stereocenters. The molecule has 3 aromatic rings. The van der Waals surface area contributed by atoms with Crippen LogP contribution in [-0.2, 0) is 4.79 Å². The van der Waals surface area contributed by atoms with E-state index in [1.807, 2.05) is 0 Å². The molecule has 182 valence electrons. The highest BCUT2D eigenvalue weighted by Gasteiger charge is 2.17. The summed E-state index contributed by atoms with van der Waals surface area (Å²) in [5, 5.41) is 27.5. The monoisotopic (exact) mass is 552 g/mol.